The molecule has 0 unspecified atom stereocenters. The molecule has 2 N–H and O–H groups in total. The normalized spacial score (nSPS) is 18.3. The third kappa shape index (κ3) is 4.05. The van der Waals surface area contributed by atoms with E-state index >= 15 is 0 Å². The maximum Gasteiger partial charge on any atom is 0.148 e. The number of hydrogen-bond donors (Lipinski definition) is 1. The second kappa shape index (κ2) is 4.60. The molecule has 106 valence electrons. The summed E-state index contributed by atoms with van der Waals surface area (Å²) in [6.07, 6.45) is 4.41. The summed E-state index contributed by atoms with van der Waals surface area (Å²) in [5, 5.41) is 0. The summed E-state index contributed by atoms with van der Waals surface area (Å²) in [4.78, 5) is 0. The fourth-order valence-corrected chi connectivity index (χ4v) is 4.03. The highest BCUT2D eigenvalue weighted by Gasteiger charge is 2.38. The number of sulfone groups is 1. The van der Waals surface area contributed by atoms with Crippen molar-refractivity contribution in [3.05, 3.63) is 35.4 Å². The van der Waals surface area contributed by atoms with Crippen molar-refractivity contribution in [2.45, 2.75) is 44.1 Å². The van der Waals surface area contributed by atoms with Gasteiger partial charge in [-0.25, -0.2) is 8.42 Å². The Morgan fingerprint density at radius 2 is 1.74 bits per heavy atom. The van der Waals surface area contributed by atoms with Crippen molar-refractivity contribution >= 4 is 9.84 Å². The van der Waals surface area contributed by atoms with Crippen molar-refractivity contribution in [3.8, 4) is 0 Å². The molecule has 19 heavy (non-hydrogen) atoms. The van der Waals surface area contributed by atoms with E-state index in [4.69, 9.17) is 5.73 Å². The van der Waals surface area contributed by atoms with Crippen molar-refractivity contribution < 1.29 is 8.42 Å². The minimum atomic E-state index is -2.98. The lowest BCUT2D eigenvalue weighted by Crippen LogP contribution is -2.28. The molecule has 0 aliphatic heterocycles. The summed E-state index contributed by atoms with van der Waals surface area (Å²) < 4.78 is 22.9. The van der Waals surface area contributed by atoms with E-state index in [0.29, 0.717) is 0 Å². The predicted octanol–water partition coefficient (Wildman–Crippen LogP) is 2.04. The lowest BCUT2D eigenvalue weighted by Gasteiger charge is -2.24. The lowest BCUT2D eigenvalue weighted by atomic mass is 9.86. The molecule has 1 aromatic rings. The van der Waals surface area contributed by atoms with Gasteiger partial charge in [0.25, 0.3) is 0 Å². The molecule has 0 bridgehead atoms. The van der Waals surface area contributed by atoms with Crippen molar-refractivity contribution in [3.63, 3.8) is 0 Å². The number of benzene rings is 1. The van der Waals surface area contributed by atoms with E-state index in [1.165, 1.54) is 11.8 Å². The Bertz CT molecular complexity index is 554. The highest BCUT2D eigenvalue weighted by molar-refractivity contribution is 7.90. The summed E-state index contributed by atoms with van der Waals surface area (Å²) in [5.41, 5.74) is 8.06. The van der Waals surface area contributed by atoms with E-state index in [9.17, 15) is 8.42 Å². The Kier molecular flexibility index (Phi) is 3.52. The summed E-state index contributed by atoms with van der Waals surface area (Å²) >= 11 is 0. The van der Waals surface area contributed by atoms with Crippen LogP contribution in [-0.4, -0.2) is 26.0 Å². The Morgan fingerprint density at radius 3 is 2.16 bits per heavy atom. The van der Waals surface area contributed by atoms with E-state index in [0.717, 1.165) is 24.8 Å². The van der Waals surface area contributed by atoms with E-state index in [1.807, 2.05) is 26.0 Å². The molecule has 0 spiro atoms. The predicted molar refractivity (Wildman–Crippen MR) is 79.0 cm³/mol. The molecule has 1 aliphatic rings. The summed E-state index contributed by atoms with van der Waals surface area (Å²) in [5.74, 6) is 0.167. The van der Waals surface area contributed by atoms with Crippen LogP contribution in [0, 0.1) is 0 Å². The van der Waals surface area contributed by atoms with Crippen molar-refractivity contribution in [2.75, 3.05) is 12.0 Å². The van der Waals surface area contributed by atoms with Gasteiger partial charge in [0, 0.05) is 17.2 Å². The minimum absolute atomic E-state index is 0.0177. The van der Waals surface area contributed by atoms with Crippen LogP contribution in [-0.2, 0) is 21.7 Å². The largest absolute Gasteiger partial charge is 0.325 e. The highest BCUT2D eigenvalue weighted by Crippen LogP contribution is 2.36. The average molecular weight is 281 g/mol. The molecule has 1 aromatic carbocycles. The molecule has 0 amide bonds. The third-order valence-electron chi connectivity index (χ3n) is 3.81. The van der Waals surface area contributed by atoms with Crippen LogP contribution in [0.4, 0.5) is 0 Å². The van der Waals surface area contributed by atoms with Gasteiger partial charge < -0.3 is 5.73 Å². The number of rotatable bonds is 5. The van der Waals surface area contributed by atoms with Gasteiger partial charge in [-0.1, -0.05) is 38.1 Å². The van der Waals surface area contributed by atoms with Crippen molar-refractivity contribution in [1.82, 2.24) is 0 Å². The first-order valence-electron chi connectivity index (χ1n) is 6.66. The second-order valence-corrected chi connectivity index (χ2v) is 8.83. The Hall–Kier alpha value is -0.870. The molecule has 3 nitrogen and oxygen atoms in total. The molecular formula is C15H23NO2S. The van der Waals surface area contributed by atoms with Crippen molar-refractivity contribution in [2.24, 2.45) is 5.73 Å². The van der Waals surface area contributed by atoms with Gasteiger partial charge in [-0.3, -0.25) is 0 Å². The molecule has 0 saturated heterocycles. The number of hydrogen-bond acceptors (Lipinski definition) is 3. The zero-order valence-corrected chi connectivity index (χ0v) is 12.8. The van der Waals surface area contributed by atoms with E-state index in [1.54, 1.807) is 0 Å². The summed E-state index contributed by atoms with van der Waals surface area (Å²) in [7, 11) is -2.98. The fraction of sp³-hybridized carbons (Fsp3) is 0.600. The number of nitrogens with two attached hydrogens (primary N) is 1. The first kappa shape index (κ1) is 14.5. The fourth-order valence-electron chi connectivity index (χ4n) is 2.56. The van der Waals surface area contributed by atoms with Crippen LogP contribution in [0.1, 0.15) is 37.8 Å². The topological polar surface area (TPSA) is 60.2 Å². The molecule has 0 heterocycles. The zero-order chi connectivity index (χ0) is 14.3. The zero-order valence-electron chi connectivity index (χ0n) is 11.9. The Balaban J connectivity index is 2.13. The monoisotopic (exact) mass is 281 g/mol. The second-order valence-electron chi connectivity index (χ2n) is 6.69. The first-order chi connectivity index (χ1) is 8.60. The molecule has 1 saturated carbocycles. The van der Waals surface area contributed by atoms with Crippen LogP contribution in [0.25, 0.3) is 0 Å². The molecule has 4 heteroatoms. The molecule has 1 fully saturated rings. The van der Waals surface area contributed by atoms with Gasteiger partial charge in [0.05, 0.1) is 5.75 Å². The maximum absolute atomic E-state index is 11.5. The SMILES string of the molecule is CC(C)(CS(C)(=O)=O)c1ccc(CC2(N)CC2)cc1. The van der Waals surface area contributed by atoms with Crippen LogP contribution in [0.2, 0.25) is 0 Å². The van der Waals surface area contributed by atoms with Gasteiger partial charge >= 0.3 is 0 Å². The smallest absolute Gasteiger partial charge is 0.148 e. The molecule has 0 radical (unpaired) electrons. The van der Waals surface area contributed by atoms with Gasteiger partial charge in [0.1, 0.15) is 9.84 Å². The third-order valence-corrected chi connectivity index (χ3v) is 5.05. The average Bonchev–Trinajstić information content (AvgIpc) is 2.93. The van der Waals surface area contributed by atoms with E-state index < -0.39 is 9.84 Å². The van der Waals surface area contributed by atoms with E-state index in [-0.39, 0.29) is 16.7 Å². The summed E-state index contributed by atoms with van der Waals surface area (Å²) in [6.45, 7) is 3.93. The van der Waals surface area contributed by atoms with Gasteiger partial charge in [0.15, 0.2) is 0 Å². The van der Waals surface area contributed by atoms with Gasteiger partial charge in [-0.15, -0.1) is 0 Å². The van der Waals surface area contributed by atoms with Gasteiger partial charge in [-0.05, 0) is 30.4 Å². The molecule has 2 rings (SSSR count). The van der Waals surface area contributed by atoms with Crippen LogP contribution in [0.5, 0.6) is 0 Å². The van der Waals surface area contributed by atoms with Crippen molar-refractivity contribution in [1.29, 1.82) is 0 Å². The van der Waals surface area contributed by atoms with E-state index in [2.05, 4.69) is 12.1 Å². The standard InChI is InChI=1S/C15H23NO2S/c1-14(2,11-19(3,17)18)13-6-4-12(5-7-13)10-15(16)8-9-15/h4-7H,8-11,16H2,1-3H3. The highest BCUT2D eigenvalue weighted by atomic mass is 32.2. The van der Waals surface area contributed by atoms with Gasteiger partial charge in [0.2, 0.25) is 0 Å². The van der Waals surface area contributed by atoms with Gasteiger partial charge in [-0.2, -0.15) is 0 Å². The Morgan fingerprint density at radius 1 is 1.21 bits per heavy atom. The lowest BCUT2D eigenvalue weighted by molar-refractivity contribution is 0.552. The quantitative estimate of drug-likeness (QED) is 0.898. The Labute approximate surface area is 116 Å². The van der Waals surface area contributed by atoms with Crippen LogP contribution >= 0.6 is 0 Å². The molecule has 0 atom stereocenters. The van der Waals surface area contributed by atoms with Crippen LogP contribution < -0.4 is 5.73 Å². The first-order valence-corrected chi connectivity index (χ1v) is 8.72. The molecule has 0 aromatic heterocycles. The summed E-state index contributed by atoms with van der Waals surface area (Å²) in [6, 6.07) is 8.22. The molecule has 1 aliphatic carbocycles. The molecular weight excluding hydrogens is 258 g/mol. The minimum Gasteiger partial charge on any atom is -0.325 e. The van der Waals surface area contributed by atoms with Crippen LogP contribution in [0.15, 0.2) is 24.3 Å². The van der Waals surface area contributed by atoms with Crippen LogP contribution in [0.3, 0.4) is 0 Å². The maximum atomic E-state index is 11.5.